The molecule has 0 saturated carbocycles. The summed E-state index contributed by atoms with van der Waals surface area (Å²) in [6, 6.07) is 11.5. The van der Waals surface area contributed by atoms with Crippen molar-refractivity contribution in [2.75, 3.05) is 33.0 Å². The van der Waals surface area contributed by atoms with Crippen LogP contribution in [-0.4, -0.2) is 54.8 Å². The second kappa shape index (κ2) is 8.51. The van der Waals surface area contributed by atoms with Crippen LogP contribution in [-0.2, 0) is 11.3 Å². The summed E-state index contributed by atoms with van der Waals surface area (Å²) in [6.45, 7) is 7.87. The molecular formula is C22H25ClN2O4. The fraction of sp³-hybridized carbons (Fsp3) is 0.409. The van der Waals surface area contributed by atoms with E-state index in [0.29, 0.717) is 23.9 Å². The summed E-state index contributed by atoms with van der Waals surface area (Å²) < 4.78 is 16.7. The van der Waals surface area contributed by atoms with E-state index in [1.165, 1.54) is 5.56 Å². The van der Waals surface area contributed by atoms with Crippen LogP contribution in [0.5, 0.6) is 17.2 Å². The summed E-state index contributed by atoms with van der Waals surface area (Å²) >= 11 is 5.99. The van der Waals surface area contributed by atoms with Crippen molar-refractivity contribution in [1.82, 2.24) is 9.80 Å². The van der Waals surface area contributed by atoms with Gasteiger partial charge in [-0.15, -0.1) is 0 Å². The standard InChI is InChI=1S/C22H25ClN2O4/c1-15-11-18(23)4-6-19(15)29-16(2)22(26)25-9-7-24(8-10-25)13-17-3-5-20-21(12-17)28-14-27-20/h3-6,11-12,16H,7-10,13-14H2,1-2H3/t16-/m1/s1. The Kier molecular flexibility index (Phi) is 5.83. The molecule has 0 aromatic heterocycles. The van der Waals surface area contributed by atoms with E-state index in [2.05, 4.69) is 11.0 Å². The van der Waals surface area contributed by atoms with Gasteiger partial charge in [0.2, 0.25) is 6.79 Å². The molecule has 0 bridgehead atoms. The summed E-state index contributed by atoms with van der Waals surface area (Å²) in [4.78, 5) is 17.0. The molecule has 0 N–H and O–H groups in total. The highest BCUT2D eigenvalue weighted by molar-refractivity contribution is 6.30. The molecule has 2 aromatic carbocycles. The highest BCUT2D eigenvalue weighted by Gasteiger charge is 2.26. The molecular weight excluding hydrogens is 392 g/mol. The van der Waals surface area contributed by atoms with Crippen molar-refractivity contribution in [2.24, 2.45) is 0 Å². The van der Waals surface area contributed by atoms with Crippen LogP contribution < -0.4 is 14.2 Å². The summed E-state index contributed by atoms with van der Waals surface area (Å²) in [6.07, 6.45) is -0.532. The van der Waals surface area contributed by atoms with Gasteiger partial charge in [-0.1, -0.05) is 17.7 Å². The van der Waals surface area contributed by atoms with E-state index in [4.69, 9.17) is 25.8 Å². The zero-order chi connectivity index (χ0) is 20.4. The molecule has 154 valence electrons. The number of fused-ring (bicyclic) bond motifs is 1. The average molecular weight is 417 g/mol. The van der Waals surface area contributed by atoms with Gasteiger partial charge in [-0.3, -0.25) is 9.69 Å². The van der Waals surface area contributed by atoms with Gasteiger partial charge in [0.05, 0.1) is 0 Å². The van der Waals surface area contributed by atoms with Crippen molar-refractivity contribution in [3.63, 3.8) is 0 Å². The number of halogens is 1. The molecule has 0 aliphatic carbocycles. The third-order valence-corrected chi connectivity index (χ3v) is 5.55. The molecule has 0 unspecified atom stereocenters. The van der Waals surface area contributed by atoms with Crippen molar-refractivity contribution in [2.45, 2.75) is 26.5 Å². The van der Waals surface area contributed by atoms with Gasteiger partial charge in [0.1, 0.15) is 5.75 Å². The van der Waals surface area contributed by atoms with Crippen LogP contribution in [0, 0.1) is 6.92 Å². The lowest BCUT2D eigenvalue weighted by Crippen LogP contribution is -2.51. The van der Waals surface area contributed by atoms with Gasteiger partial charge >= 0.3 is 0 Å². The highest BCUT2D eigenvalue weighted by Crippen LogP contribution is 2.33. The second-order valence-electron chi connectivity index (χ2n) is 7.46. The number of rotatable bonds is 5. The lowest BCUT2D eigenvalue weighted by molar-refractivity contribution is -0.139. The molecule has 2 aliphatic rings. The van der Waals surface area contributed by atoms with Gasteiger partial charge in [-0.25, -0.2) is 0 Å². The molecule has 2 aliphatic heterocycles. The van der Waals surface area contributed by atoms with Crippen LogP contribution >= 0.6 is 11.6 Å². The van der Waals surface area contributed by atoms with Gasteiger partial charge in [-0.05, 0) is 55.3 Å². The topological polar surface area (TPSA) is 51.2 Å². The van der Waals surface area contributed by atoms with E-state index in [9.17, 15) is 4.79 Å². The quantitative estimate of drug-likeness (QED) is 0.746. The maximum Gasteiger partial charge on any atom is 0.263 e. The SMILES string of the molecule is Cc1cc(Cl)ccc1O[C@H](C)C(=O)N1CCN(Cc2ccc3c(c2)OCO3)CC1. The minimum Gasteiger partial charge on any atom is -0.481 e. The number of carbonyl (C=O) groups excluding carboxylic acids is 1. The Morgan fingerprint density at radius 2 is 1.86 bits per heavy atom. The summed E-state index contributed by atoms with van der Waals surface area (Å²) in [5, 5.41) is 0.660. The molecule has 7 heteroatoms. The Morgan fingerprint density at radius 3 is 2.62 bits per heavy atom. The molecule has 1 amide bonds. The van der Waals surface area contributed by atoms with Gasteiger partial charge in [0.15, 0.2) is 17.6 Å². The van der Waals surface area contributed by atoms with E-state index < -0.39 is 6.10 Å². The van der Waals surface area contributed by atoms with Crippen LogP contribution in [0.2, 0.25) is 5.02 Å². The molecule has 0 spiro atoms. The van der Waals surface area contributed by atoms with E-state index in [1.807, 2.05) is 36.1 Å². The lowest BCUT2D eigenvalue weighted by Gasteiger charge is -2.36. The van der Waals surface area contributed by atoms with Crippen LogP contribution in [0.25, 0.3) is 0 Å². The number of aryl methyl sites for hydroxylation is 1. The summed E-state index contributed by atoms with van der Waals surface area (Å²) in [5.74, 6) is 2.31. The zero-order valence-corrected chi connectivity index (χ0v) is 17.4. The molecule has 1 atom stereocenters. The molecule has 1 saturated heterocycles. The molecule has 1 fully saturated rings. The Morgan fingerprint density at radius 1 is 1.10 bits per heavy atom. The van der Waals surface area contributed by atoms with Crippen molar-refractivity contribution in [3.05, 3.63) is 52.5 Å². The molecule has 4 rings (SSSR count). The zero-order valence-electron chi connectivity index (χ0n) is 16.7. The average Bonchev–Trinajstić information content (AvgIpc) is 3.18. The van der Waals surface area contributed by atoms with Gasteiger partial charge in [0.25, 0.3) is 5.91 Å². The van der Waals surface area contributed by atoms with E-state index in [-0.39, 0.29) is 12.7 Å². The van der Waals surface area contributed by atoms with Crippen molar-refractivity contribution >= 4 is 17.5 Å². The fourth-order valence-electron chi connectivity index (χ4n) is 3.67. The van der Waals surface area contributed by atoms with E-state index in [1.54, 1.807) is 13.0 Å². The molecule has 0 radical (unpaired) electrons. The first-order valence-electron chi connectivity index (χ1n) is 9.82. The van der Waals surface area contributed by atoms with Crippen LogP contribution in [0.4, 0.5) is 0 Å². The number of piperazine rings is 1. The summed E-state index contributed by atoms with van der Waals surface area (Å²) in [5.41, 5.74) is 2.11. The highest BCUT2D eigenvalue weighted by atomic mass is 35.5. The normalized spacial score (nSPS) is 17.3. The maximum atomic E-state index is 12.8. The smallest absolute Gasteiger partial charge is 0.263 e. The predicted octanol–water partition coefficient (Wildman–Crippen LogP) is 3.49. The molecule has 2 aromatic rings. The number of ether oxygens (including phenoxy) is 3. The van der Waals surface area contributed by atoms with Crippen molar-refractivity contribution in [1.29, 1.82) is 0 Å². The van der Waals surface area contributed by atoms with E-state index >= 15 is 0 Å². The number of amides is 1. The van der Waals surface area contributed by atoms with Crippen LogP contribution in [0.3, 0.4) is 0 Å². The van der Waals surface area contributed by atoms with Gasteiger partial charge in [-0.2, -0.15) is 0 Å². The largest absolute Gasteiger partial charge is 0.481 e. The Bertz CT molecular complexity index is 896. The fourth-order valence-corrected chi connectivity index (χ4v) is 3.89. The third-order valence-electron chi connectivity index (χ3n) is 5.32. The lowest BCUT2D eigenvalue weighted by atomic mass is 10.1. The maximum absolute atomic E-state index is 12.8. The summed E-state index contributed by atoms with van der Waals surface area (Å²) in [7, 11) is 0. The van der Waals surface area contributed by atoms with Crippen LogP contribution in [0.1, 0.15) is 18.1 Å². The number of hydrogen-bond acceptors (Lipinski definition) is 5. The van der Waals surface area contributed by atoms with Crippen molar-refractivity contribution < 1.29 is 19.0 Å². The van der Waals surface area contributed by atoms with Crippen LogP contribution in [0.15, 0.2) is 36.4 Å². The van der Waals surface area contributed by atoms with Gasteiger partial charge in [0, 0.05) is 37.7 Å². The number of hydrogen-bond donors (Lipinski definition) is 0. The number of carbonyl (C=O) groups is 1. The second-order valence-corrected chi connectivity index (χ2v) is 7.90. The number of nitrogens with zero attached hydrogens (tertiary/aromatic N) is 2. The first-order chi connectivity index (χ1) is 14.0. The first-order valence-corrected chi connectivity index (χ1v) is 10.2. The monoisotopic (exact) mass is 416 g/mol. The third kappa shape index (κ3) is 4.60. The molecule has 2 heterocycles. The minimum absolute atomic E-state index is 0.0158. The van der Waals surface area contributed by atoms with E-state index in [0.717, 1.165) is 36.7 Å². The van der Waals surface area contributed by atoms with Crippen molar-refractivity contribution in [3.8, 4) is 17.2 Å². The minimum atomic E-state index is -0.532. The Labute approximate surface area is 175 Å². The predicted molar refractivity (Wildman–Crippen MR) is 111 cm³/mol. The Balaban J connectivity index is 1.29. The first kappa shape index (κ1) is 19.9. The molecule has 29 heavy (non-hydrogen) atoms. The number of benzene rings is 2. The van der Waals surface area contributed by atoms with Gasteiger partial charge < -0.3 is 19.1 Å². The Hall–Kier alpha value is -2.44. The molecule has 6 nitrogen and oxygen atoms in total.